The Labute approximate surface area is 99.0 Å². The summed E-state index contributed by atoms with van der Waals surface area (Å²) in [5.74, 6) is 5.15. The summed E-state index contributed by atoms with van der Waals surface area (Å²) in [5.41, 5.74) is 1.15. The molecule has 1 aromatic carbocycles. The van der Waals surface area contributed by atoms with Gasteiger partial charge in [-0.15, -0.1) is 0 Å². The van der Waals surface area contributed by atoms with Crippen molar-refractivity contribution in [1.29, 1.82) is 0 Å². The minimum Gasteiger partial charge on any atom is -0.345 e. The molecule has 1 aromatic rings. The normalized spacial score (nSPS) is 9.06. The average Bonchev–Trinajstić information content (AvgIpc) is 2.25. The Bertz CT molecular complexity index is 512. The van der Waals surface area contributed by atoms with E-state index < -0.39 is 4.92 Å². The molecule has 5 nitrogen and oxygen atoms in total. The number of amides is 1. The van der Waals surface area contributed by atoms with Gasteiger partial charge in [0.2, 0.25) is 5.91 Å². The molecule has 5 heteroatoms. The molecular weight excluding hydrogens is 220 g/mol. The lowest BCUT2D eigenvalue weighted by molar-refractivity contribution is -0.385. The van der Waals surface area contributed by atoms with Gasteiger partial charge in [0.05, 0.1) is 11.5 Å². The Balaban J connectivity index is 2.90. The summed E-state index contributed by atoms with van der Waals surface area (Å²) in [6.07, 6.45) is 0. The van der Waals surface area contributed by atoms with Crippen molar-refractivity contribution in [2.24, 2.45) is 0 Å². The Morgan fingerprint density at radius 3 is 2.82 bits per heavy atom. The summed E-state index contributed by atoms with van der Waals surface area (Å²) in [6, 6.07) is 4.84. The lowest BCUT2D eigenvalue weighted by atomic mass is 10.1. The van der Waals surface area contributed by atoms with Crippen LogP contribution in [0.15, 0.2) is 18.2 Å². The van der Waals surface area contributed by atoms with Gasteiger partial charge >= 0.3 is 0 Å². The molecule has 17 heavy (non-hydrogen) atoms. The lowest BCUT2D eigenvalue weighted by Crippen LogP contribution is -2.19. The molecule has 0 aromatic heterocycles. The van der Waals surface area contributed by atoms with E-state index in [-0.39, 0.29) is 18.1 Å². The number of nitro groups is 1. The van der Waals surface area contributed by atoms with Crippen LogP contribution in [0.1, 0.15) is 18.1 Å². The fourth-order valence-corrected chi connectivity index (χ4v) is 1.21. The van der Waals surface area contributed by atoms with E-state index in [2.05, 4.69) is 17.2 Å². The summed E-state index contributed by atoms with van der Waals surface area (Å²) in [4.78, 5) is 20.9. The van der Waals surface area contributed by atoms with E-state index in [1.54, 1.807) is 19.1 Å². The largest absolute Gasteiger partial charge is 0.345 e. The van der Waals surface area contributed by atoms with Gasteiger partial charge in [0.1, 0.15) is 5.56 Å². The van der Waals surface area contributed by atoms with Gasteiger partial charge < -0.3 is 5.32 Å². The number of carbonyl (C=O) groups excluding carboxylic acids is 1. The molecule has 0 saturated heterocycles. The monoisotopic (exact) mass is 232 g/mol. The van der Waals surface area contributed by atoms with E-state index in [0.29, 0.717) is 5.56 Å². The van der Waals surface area contributed by atoms with E-state index in [1.807, 2.05) is 0 Å². The van der Waals surface area contributed by atoms with Crippen molar-refractivity contribution in [2.45, 2.75) is 13.8 Å². The van der Waals surface area contributed by atoms with Crippen molar-refractivity contribution in [1.82, 2.24) is 5.32 Å². The van der Waals surface area contributed by atoms with Crippen LogP contribution in [-0.2, 0) is 4.79 Å². The van der Waals surface area contributed by atoms with Gasteiger partial charge in [-0.05, 0) is 18.6 Å². The Hall–Kier alpha value is -2.35. The molecule has 88 valence electrons. The minimum absolute atomic E-state index is 0.0136. The van der Waals surface area contributed by atoms with Crippen LogP contribution in [-0.4, -0.2) is 17.4 Å². The predicted octanol–water partition coefficient (Wildman–Crippen LogP) is 1.39. The quantitative estimate of drug-likeness (QED) is 0.475. The van der Waals surface area contributed by atoms with E-state index in [9.17, 15) is 14.9 Å². The second-order valence-corrected chi connectivity index (χ2v) is 3.49. The summed E-state index contributed by atoms with van der Waals surface area (Å²) < 4.78 is 0. The van der Waals surface area contributed by atoms with Crippen molar-refractivity contribution in [3.05, 3.63) is 39.4 Å². The second-order valence-electron chi connectivity index (χ2n) is 3.49. The Kier molecular flexibility index (Phi) is 4.23. The van der Waals surface area contributed by atoms with Crippen LogP contribution >= 0.6 is 0 Å². The minimum atomic E-state index is -0.463. The van der Waals surface area contributed by atoms with Crippen molar-refractivity contribution < 1.29 is 9.72 Å². The van der Waals surface area contributed by atoms with Gasteiger partial charge in [-0.1, -0.05) is 17.9 Å². The molecule has 0 spiro atoms. The van der Waals surface area contributed by atoms with Gasteiger partial charge in [-0.2, -0.15) is 0 Å². The molecule has 0 fully saturated rings. The molecule has 1 amide bonds. The maximum Gasteiger partial charge on any atom is 0.285 e. The standard InChI is InChI=1S/C12H12N2O3/c1-9-5-6-11(12(8-9)14(16)17)4-3-7-13-10(2)15/h5-6,8H,7H2,1-2H3,(H,13,15). The van der Waals surface area contributed by atoms with Crippen molar-refractivity contribution in [3.63, 3.8) is 0 Å². The zero-order chi connectivity index (χ0) is 12.8. The Morgan fingerprint density at radius 2 is 2.24 bits per heavy atom. The number of nitrogens with one attached hydrogen (secondary N) is 1. The lowest BCUT2D eigenvalue weighted by Gasteiger charge is -1.97. The van der Waals surface area contributed by atoms with Crippen molar-refractivity contribution >= 4 is 11.6 Å². The summed E-state index contributed by atoms with van der Waals surface area (Å²) in [5, 5.41) is 13.3. The molecule has 0 heterocycles. The first-order valence-corrected chi connectivity index (χ1v) is 4.99. The van der Waals surface area contributed by atoms with E-state index in [1.165, 1.54) is 13.0 Å². The summed E-state index contributed by atoms with van der Waals surface area (Å²) in [6.45, 7) is 3.35. The van der Waals surface area contributed by atoms with E-state index >= 15 is 0 Å². The highest BCUT2D eigenvalue weighted by Gasteiger charge is 2.11. The molecule has 0 radical (unpaired) electrons. The summed E-state index contributed by atoms with van der Waals surface area (Å²) >= 11 is 0. The van der Waals surface area contributed by atoms with Gasteiger partial charge in [0.25, 0.3) is 5.69 Å². The van der Waals surface area contributed by atoms with Crippen LogP contribution < -0.4 is 5.32 Å². The van der Waals surface area contributed by atoms with Crippen LogP contribution in [0, 0.1) is 28.9 Å². The number of carbonyl (C=O) groups is 1. The highest BCUT2D eigenvalue weighted by molar-refractivity contribution is 5.73. The van der Waals surface area contributed by atoms with E-state index in [4.69, 9.17) is 0 Å². The topological polar surface area (TPSA) is 72.2 Å². The third-order valence-corrected chi connectivity index (χ3v) is 2.00. The molecule has 0 aliphatic carbocycles. The fraction of sp³-hybridized carbons (Fsp3) is 0.250. The number of nitro benzene ring substituents is 1. The highest BCUT2D eigenvalue weighted by atomic mass is 16.6. The molecule has 0 saturated carbocycles. The van der Waals surface area contributed by atoms with Gasteiger partial charge in [-0.25, -0.2) is 0 Å². The maximum absolute atomic E-state index is 10.8. The van der Waals surface area contributed by atoms with Crippen LogP contribution in [0.2, 0.25) is 0 Å². The highest BCUT2D eigenvalue weighted by Crippen LogP contribution is 2.18. The van der Waals surface area contributed by atoms with Gasteiger partial charge in [0, 0.05) is 13.0 Å². The third kappa shape index (κ3) is 3.95. The molecule has 0 aliphatic rings. The zero-order valence-electron chi connectivity index (χ0n) is 9.61. The smallest absolute Gasteiger partial charge is 0.285 e. The molecule has 0 atom stereocenters. The average molecular weight is 232 g/mol. The molecular formula is C12H12N2O3. The molecule has 1 rings (SSSR count). The van der Waals surface area contributed by atoms with Gasteiger partial charge in [-0.3, -0.25) is 14.9 Å². The van der Waals surface area contributed by atoms with Gasteiger partial charge in [0.15, 0.2) is 0 Å². The summed E-state index contributed by atoms with van der Waals surface area (Å²) in [7, 11) is 0. The molecule has 1 N–H and O–H groups in total. The van der Waals surface area contributed by atoms with Crippen LogP contribution in [0.3, 0.4) is 0 Å². The number of rotatable bonds is 2. The Morgan fingerprint density at radius 1 is 1.53 bits per heavy atom. The van der Waals surface area contributed by atoms with Crippen LogP contribution in [0.5, 0.6) is 0 Å². The molecule has 0 unspecified atom stereocenters. The van der Waals surface area contributed by atoms with Crippen LogP contribution in [0.4, 0.5) is 5.69 Å². The number of hydrogen-bond acceptors (Lipinski definition) is 3. The SMILES string of the molecule is CC(=O)NCC#Cc1ccc(C)cc1[N+](=O)[O-]. The van der Waals surface area contributed by atoms with Crippen molar-refractivity contribution in [3.8, 4) is 11.8 Å². The third-order valence-electron chi connectivity index (χ3n) is 2.00. The first-order valence-electron chi connectivity index (χ1n) is 4.99. The maximum atomic E-state index is 10.8. The number of aryl methyl sites for hydroxylation is 1. The van der Waals surface area contributed by atoms with Crippen molar-refractivity contribution in [2.75, 3.05) is 6.54 Å². The van der Waals surface area contributed by atoms with E-state index in [0.717, 1.165) is 5.56 Å². The fourth-order valence-electron chi connectivity index (χ4n) is 1.21. The number of hydrogen-bond donors (Lipinski definition) is 1. The predicted molar refractivity (Wildman–Crippen MR) is 63.4 cm³/mol. The van der Waals surface area contributed by atoms with Crippen LogP contribution in [0.25, 0.3) is 0 Å². The number of benzene rings is 1. The molecule has 0 bridgehead atoms. The first kappa shape index (κ1) is 12.7. The first-order chi connectivity index (χ1) is 8.00. The zero-order valence-corrected chi connectivity index (χ0v) is 9.61. The second kappa shape index (κ2) is 5.66. The molecule has 0 aliphatic heterocycles. The number of nitrogens with zero attached hydrogens (tertiary/aromatic N) is 1.